The van der Waals surface area contributed by atoms with Crippen LogP contribution in [0.2, 0.25) is 0 Å². The maximum atomic E-state index is 13.2. The van der Waals surface area contributed by atoms with Crippen molar-refractivity contribution in [2.24, 2.45) is 5.92 Å². The van der Waals surface area contributed by atoms with E-state index in [-0.39, 0.29) is 23.6 Å². The quantitative estimate of drug-likeness (QED) is 0.840. The van der Waals surface area contributed by atoms with Gasteiger partial charge in [0.2, 0.25) is 0 Å². The smallest absolute Gasteiger partial charge is 0.254 e. The number of benzene rings is 1. The van der Waals surface area contributed by atoms with E-state index in [0.29, 0.717) is 5.92 Å². The number of hydrogen-bond acceptors (Lipinski definition) is 2. The van der Waals surface area contributed by atoms with Crippen LogP contribution < -0.4 is 5.32 Å². The second-order valence-electron chi connectivity index (χ2n) is 5.44. The summed E-state index contributed by atoms with van der Waals surface area (Å²) in [6, 6.07) is 3.26. The zero-order valence-corrected chi connectivity index (χ0v) is 10.7. The maximum Gasteiger partial charge on any atom is 0.254 e. The number of halogens is 2. The predicted molar refractivity (Wildman–Crippen MR) is 66.8 cm³/mol. The van der Waals surface area contributed by atoms with Crippen LogP contribution in [0.4, 0.5) is 8.78 Å². The van der Waals surface area contributed by atoms with Crippen molar-refractivity contribution in [3.63, 3.8) is 0 Å². The van der Waals surface area contributed by atoms with Crippen molar-refractivity contribution in [2.45, 2.75) is 25.4 Å². The number of carbonyl (C=O) groups excluding carboxylic acids is 1. The molecule has 1 amide bonds. The van der Waals surface area contributed by atoms with Crippen molar-refractivity contribution in [3.05, 3.63) is 35.4 Å². The van der Waals surface area contributed by atoms with E-state index in [0.717, 1.165) is 37.7 Å². The topological polar surface area (TPSA) is 32.3 Å². The van der Waals surface area contributed by atoms with Gasteiger partial charge < -0.3 is 10.2 Å². The third-order valence-electron chi connectivity index (χ3n) is 4.12. The molecule has 3 atom stereocenters. The molecule has 0 aromatic heterocycles. The molecule has 3 nitrogen and oxygen atoms in total. The molecular formula is C14H16F2N2O. The van der Waals surface area contributed by atoms with Crippen LogP contribution in [0, 0.1) is 17.6 Å². The summed E-state index contributed by atoms with van der Waals surface area (Å²) < 4.78 is 26.4. The van der Waals surface area contributed by atoms with Crippen molar-refractivity contribution in [1.82, 2.24) is 10.2 Å². The first kappa shape index (κ1) is 12.5. The van der Waals surface area contributed by atoms with Crippen LogP contribution in [0.3, 0.4) is 0 Å². The number of fused-ring (bicyclic) bond motifs is 1. The van der Waals surface area contributed by atoms with Crippen LogP contribution in [0.5, 0.6) is 0 Å². The number of hydrogen-bond donors (Lipinski definition) is 1. The Bertz CT molecular complexity index is 500. The Balaban J connectivity index is 1.90. The average Bonchev–Trinajstić information content (AvgIpc) is 2.86. The molecule has 5 heteroatoms. The lowest BCUT2D eigenvalue weighted by atomic mass is 10.0. The van der Waals surface area contributed by atoms with E-state index in [1.165, 1.54) is 0 Å². The van der Waals surface area contributed by atoms with Crippen LogP contribution in [-0.4, -0.2) is 36.0 Å². The molecular weight excluding hydrogens is 250 g/mol. The van der Waals surface area contributed by atoms with Gasteiger partial charge in [-0.15, -0.1) is 0 Å². The lowest BCUT2D eigenvalue weighted by molar-refractivity contribution is 0.0681. The van der Waals surface area contributed by atoms with Crippen molar-refractivity contribution in [3.8, 4) is 0 Å². The molecule has 2 aliphatic heterocycles. The highest BCUT2D eigenvalue weighted by Crippen LogP contribution is 2.33. The minimum absolute atomic E-state index is 0.0944. The summed E-state index contributed by atoms with van der Waals surface area (Å²) in [5.74, 6) is -1.24. The van der Waals surface area contributed by atoms with Gasteiger partial charge in [0.15, 0.2) is 0 Å². The van der Waals surface area contributed by atoms with Crippen molar-refractivity contribution in [2.75, 3.05) is 13.1 Å². The molecule has 2 heterocycles. The van der Waals surface area contributed by atoms with Gasteiger partial charge in [-0.05, 0) is 31.4 Å². The van der Waals surface area contributed by atoms with Crippen LogP contribution >= 0.6 is 0 Å². The van der Waals surface area contributed by atoms with E-state index < -0.39 is 11.6 Å². The third-order valence-corrected chi connectivity index (χ3v) is 4.12. The number of nitrogens with zero attached hydrogens (tertiary/aromatic N) is 1. The number of rotatable bonds is 1. The molecule has 1 aromatic rings. The van der Waals surface area contributed by atoms with Crippen molar-refractivity contribution >= 4 is 5.91 Å². The molecule has 0 radical (unpaired) electrons. The Morgan fingerprint density at radius 2 is 1.95 bits per heavy atom. The highest BCUT2D eigenvalue weighted by molar-refractivity contribution is 5.95. The molecule has 19 heavy (non-hydrogen) atoms. The average molecular weight is 266 g/mol. The highest BCUT2D eigenvalue weighted by atomic mass is 19.1. The largest absolute Gasteiger partial charge is 0.331 e. The Kier molecular flexibility index (Phi) is 3.01. The predicted octanol–water partition coefficient (Wildman–Crippen LogP) is 1.79. The minimum atomic E-state index is -0.712. The van der Waals surface area contributed by atoms with E-state index in [2.05, 4.69) is 5.32 Å². The normalized spacial score (nSPS) is 29.6. The van der Waals surface area contributed by atoms with Crippen LogP contribution in [-0.2, 0) is 0 Å². The summed E-state index contributed by atoms with van der Waals surface area (Å²) in [5, 5.41) is 3.26. The fraction of sp³-hybridized carbons (Fsp3) is 0.500. The van der Waals surface area contributed by atoms with Gasteiger partial charge in [0.1, 0.15) is 11.6 Å². The monoisotopic (exact) mass is 266 g/mol. The van der Waals surface area contributed by atoms with Crippen LogP contribution in [0.15, 0.2) is 18.2 Å². The Hall–Kier alpha value is -1.49. The first-order valence-electron chi connectivity index (χ1n) is 6.55. The number of nitrogens with one attached hydrogen (secondary N) is 1. The van der Waals surface area contributed by atoms with Crippen LogP contribution in [0.25, 0.3) is 0 Å². The van der Waals surface area contributed by atoms with Gasteiger partial charge in [-0.2, -0.15) is 0 Å². The van der Waals surface area contributed by atoms with E-state index in [9.17, 15) is 13.6 Å². The zero-order chi connectivity index (χ0) is 13.6. The van der Waals surface area contributed by atoms with Crippen LogP contribution in [0.1, 0.15) is 23.7 Å². The fourth-order valence-corrected chi connectivity index (χ4v) is 3.34. The van der Waals surface area contributed by atoms with Crippen molar-refractivity contribution < 1.29 is 13.6 Å². The molecule has 3 rings (SSSR count). The molecule has 1 N–H and O–H groups in total. The number of amides is 1. The second kappa shape index (κ2) is 4.56. The molecule has 0 saturated carbocycles. The molecule has 0 bridgehead atoms. The summed E-state index contributed by atoms with van der Waals surface area (Å²) in [4.78, 5) is 14.2. The number of likely N-dealkylation sites (tertiary alicyclic amines) is 1. The zero-order valence-electron chi connectivity index (χ0n) is 10.7. The van der Waals surface area contributed by atoms with Gasteiger partial charge in [-0.3, -0.25) is 4.79 Å². The molecule has 1 aromatic carbocycles. The lowest BCUT2D eigenvalue weighted by Gasteiger charge is -2.27. The van der Waals surface area contributed by atoms with Gasteiger partial charge in [0.25, 0.3) is 5.91 Å². The fourth-order valence-electron chi connectivity index (χ4n) is 3.34. The molecule has 2 fully saturated rings. The van der Waals surface area contributed by atoms with Gasteiger partial charge >= 0.3 is 0 Å². The van der Waals surface area contributed by atoms with Gasteiger partial charge in [0, 0.05) is 36.8 Å². The Morgan fingerprint density at radius 3 is 2.63 bits per heavy atom. The van der Waals surface area contributed by atoms with Gasteiger partial charge in [-0.1, -0.05) is 0 Å². The summed E-state index contributed by atoms with van der Waals surface area (Å²) >= 11 is 0. The Labute approximate surface area is 110 Å². The molecule has 0 spiro atoms. The second-order valence-corrected chi connectivity index (χ2v) is 5.44. The van der Waals surface area contributed by atoms with Gasteiger partial charge in [-0.25, -0.2) is 8.78 Å². The number of carbonyl (C=O) groups is 1. The first-order valence-corrected chi connectivity index (χ1v) is 6.55. The molecule has 0 aliphatic carbocycles. The molecule has 3 unspecified atom stereocenters. The van der Waals surface area contributed by atoms with E-state index >= 15 is 0 Å². The molecule has 2 saturated heterocycles. The van der Waals surface area contributed by atoms with Gasteiger partial charge in [0.05, 0.1) is 0 Å². The summed E-state index contributed by atoms with van der Waals surface area (Å²) in [6.07, 6.45) is 0.946. The summed E-state index contributed by atoms with van der Waals surface area (Å²) in [5.41, 5.74) is 0.0944. The Morgan fingerprint density at radius 1 is 1.26 bits per heavy atom. The summed E-state index contributed by atoms with van der Waals surface area (Å²) in [6.45, 7) is 3.67. The van der Waals surface area contributed by atoms with E-state index in [4.69, 9.17) is 0 Å². The highest BCUT2D eigenvalue weighted by Gasteiger charge is 2.44. The minimum Gasteiger partial charge on any atom is -0.331 e. The lowest BCUT2D eigenvalue weighted by Crippen LogP contribution is -2.42. The molecule has 2 aliphatic rings. The molecule has 102 valence electrons. The van der Waals surface area contributed by atoms with E-state index in [1.54, 1.807) is 4.90 Å². The SMILES string of the molecule is CC1CC2CNCC2N1C(=O)c1cc(F)cc(F)c1. The first-order chi connectivity index (χ1) is 9.06. The standard InChI is InChI=1S/C14H16F2N2O/c1-8-2-10-6-17-7-13(10)18(8)14(19)9-3-11(15)5-12(16)4-9/h3-5,8,10,13,17H,2,6-7H2,1H3. The van der Waals surface area contributed by atoms with E-state index in [1.807, 2.05) is 6.92 Å². The summed E-state index contributed by atoms with van der Waals surface area (Å²) in [7, 11) is 0. The van der Waals surface area contributed by atoms with Crippen molar-refractivity contribution in [1.29, 1.82) is 0 Å². The third kappa shape index (κ3) is 2.12. The maximum absolute atomic E-state index is 13.2.